The Morgan fingerprint density at radius 1 is 1.12 bits per heavy atom. The molecule has 3 aromatic carbocycles. The van der Waals surface area contributed by atoms with Crippen molar-refractivity contribution >= 4 is 47.2 Å². The summed E-state index contributed by atoms with van der Waals surface area (Å²) in [5.41, 5.74) is 3.85. The average molecular weight is 739 g/mol. The van der Waals surface area contributed by atoms with Gasteiger partial charge < -0.3 is 29.1 Å². The number of nitrogens with zero attached hydrogens (tertiary/aromatic N) is 5. The number of fused-ring (bicyclic) bond motifs is 3. The summed E-state index contributed by atoms with van der Waals surface area (Å²) in [5, 5.41) is 5.94. The minimum Gasteiger partial charge on any atom is -0.454 e. The molecule has 2 saturated heterocycles. The molecule has 7 rings (SSSR count). The summed E-state index contributed by atoms with van der Waals surface area (Å²) in [6.45, 7) is 3.94. The lowest BCUT2D eigenvalue weighted by Crippen LogP contribution is -2.76. The molecule has 4 heterocycles. The Balaban J connectivity index is 1.22. The number of halogens is 1. The van der Waals surface area contributed by atoms with Gasteiger partial charge in [0.15, 0.2) is 11.5 Å². The number of piperazine rings is 1. The molecule has 0 radical (unpaired) electrons. The molecule has 4 aromatic rings. The van der Waals surface area contributed by atoms with Gasteiger partial charge in [0.2, 0.25) is 18.6 Å². The SMILES string of the molecule is C=CCN1CC(=O)N2[C@@H](Cc3ccc(OP(=O)(O)O)cc3)C(=O)N(Cc3ccc(F)c4scnc34)C[C@@H]2N1C(=O)NCc1ccc2c(c1)OCO2. The van der Waals surface area contributed by atoms with Crippen LogP contribution in [-0.2, 0) is 33.7 Å². The smallest absolute Gasteiger partial charge is 0.454 e. The number of nitrogens with one attached hydrogen (secondary N) is 1. The fourth-order valence-electron chi connectivity index (χ4n) is 6.51. The maximum atomic E-state index is 14.6. The van der Waals surface area contributed by atoms with Crippen LogP contribution in [0, 0.1) is 5.82 Å². The topological polar surface area (TPSA) is 174 Å². The van der Waals surface area contributed by atoms with E-state index in [9.17, 15) is 33.1 Å². The highest BCUT2D eigenvalue weighted by molar-refractivity contribution is 7.46. The van der Waals surface area contributed by atoms with Crippen LogP contribution in [0.4, 0.5) is 9.18 Å². The zero-order chi connectivity index (χ0) is 35.9. The zero-order valence-electron chi connectivity index (χ0n) is 26.9. The number of ether oxygens (including phenoxy) is 2. The van der Waals surface area contributed by atoms with Crippen molar-refractivity contribution in [2.45, 2.75) is 31.7 Å². The lowest BCUT2D eigenvalue weighted by molar-refractivity contribution is -0.189. The van der Waals surface area contributed by atoms with Gasteiger partial charge in [-0.2, -0.15) is 0 Å². The van der Waals surface area contributed by atoms with E-state index in [0.717, 1.165) is 16.9 Å². The summed E-state index contributed by atoms with van der Waals surface area (Å²) in [5.74, 6) is -0.134. The Bertz CT molecular complexity index is 2060. The fourth-order valence-corrected chi connectivity index (χ4v) is 7.64. The molecular weight excluding hydrogens is 706 g/mol. The van der Waals surface area contributed by atoms with Crippen LogP contribution >= 0.6 is 19.2 Å². The van der Waals surface area contributed by atoms with Crippen LogP contribution < -0.4 is 19.3 Å². The number of phosphoric acid groups is 1. The summed E-state index contributed by atoms with van der Waals surface area (Å²) in [4.78, 5) is 68.0. The molecule has 0 aliphatic carbocycles. The number of urea groups is 1. The van der Waals surface area contributed by atoms with E-state index in [1.54, 1.807) is 47.5 Å². The first-order valence-corrected chi connectivity index (χ1v) is 18.2. The minimum atomic E-state index is -4.80. The summed E-state index contributed by atoms with van der Waals surface area (Å²) < 4.78 is 41.8. The van der Waals surface area contributed by atoms with Crippen molar-refractivity contribution < 1.29 is 47.1 Å². The number of benzene rings is 3. The first-order valence-electron chi connectivity index (χ1n) is 15.7. The Morgan fingerprint density at radius 3 is 2.65 bits per heavy atom. The van der Waals surface area contributed by atoms with Gasteiger partial charge in [-0.25, -0.2) is 28.8 Å². The van der Waals surface area contributed by atoms with Gasteiger partial charge in [-0.1, -0.05) is 30.3 Å². The van der Waals surface area contributed by atoms with Crippen molar-refractivity contribution in [1.29, 1.82) is 0 Å². The third-order valence-corrected chi connectivity index (χ3v) is 10.00. The van der Waals surface area contributed by atoms with Crippen molar-refractivity contribution in [2.24, 2.45) is 0 Å². The second-order valence-electron chi connectivity index (χ2n) is 12.0. The van der Waals surface area contributed by atoms with Crippen LogP contribution in [0.3, 0.4) is 0 Å². The molecule has 3 aliphatic rings. The highest BCUT2D eigenvalue weighted by Crippen LogP contribution is 2.38. The van der Waals surface area contributed by atoms with Crippen LogP contribution in [0.2, 0.25) is 0 Å². The lowest BCUT2D eigenvalue weighted by Gasteiger charge is -2.55. The fraction of sp³-hybridized carbons (Fsp3) is 0.273. The van der Waals surface area contributed by atoms with Crippen LogP contribution in [0.1, 0.15) is 16.7 Å². The zero-order valence-corrected chi connectivity index (χ0v) is 28.6. The standard InChI is InChI=1S/C33H32FN6O9PS/c1-2-11-38-17-29(41)39-25(12-20-3-7-23(8-4-20)49-50(44,45)46)32(42)37(15-22-6-9-24(34)31-30(22)36-18-51-31)16-28(39)40(38)33(43)35-14-21-5-10-26-27(13-21)48-19-47-26/h2-10,13,18,25,28H,1,11-12,14-17,19H2,(H,35,43)(H2,44,45,46)/t25-,28-/m0/s1. The summed E-state index contributed by atoms with van der Waals surface area (Å²) >= 11 is 1.14. The quantitative estimate of drug-likeness (QED) is 0.161. The number of carbonyl (C=O) groups is 3. The Labute approximate surface area is 294 Å². The summed E-state index contributed by atoms with van der Waals surface area (Å²) in [6.07, 6.45) is 0.634. The largest absolute Gasteiger partial charge is 0.524 e. The number of hydrogen-bond donors (Lipinski definition) is 3. The van der Waals surface area contributed by atoms with Crippen molar-refractivity contribution in [1.82, 2.24) is 30.1 Å². The Hall–Kier alpha value is -5.06. The maximum absolute atomic E-state index is 14.6. The van der Waals surface area contributed by atoms with E-state index in [0.29, 0.717) is 32.8 Å². The van der Waals surface area contributed by atoms with Gasteiger partial charge in [0, 0.05) is 26.1 Å². The van der Waals surface area contributed by atoms with E-state index in [2.05, 4.69) is 21.4 Å². The Morgan fingerprint density at radius 2 is 1.88 bits per heavy atom. The van der Waals surface area contributed by atoms with Gasteiger partial charge in [0.05, 0.1) is 28.8 Å². The van der Waals surface area contributed by atoms with Crippen LogP contribution in [-0.4, -0.2) is 91.1 Å². The van der Waals surface area contributed by atoms with Gasteiger partial charge in [-0.3, -0.25) is 19.4 Å². The predicted octanol–water partition coefficient (Wildman–Crippen LogP) is 3.37. The van der Waals surface area contributed by atoms with Gasteiger partial charge in [-0.05, 0) is 47.0 Å². The number of hydrogen-bond acceptors (Lipinski definition) is 10. The monoisotopic (exact) mass is 738 g/mol. The molecule has 0 spiro atoms. The van der Waals surface area contributed by atoms with Crippen LogP contribution in [0.5, 0.6) is 17.2 Å². The van der Waals surface area contributed by atoms with Crippen molar-refractivity contribution in [3.63, 3.8) is 0 Å². The van der Waals surface area contributed by atoms with E-state index in [1.165, 1.54) is 38.5 Å². The number of carbonyl (C=O) groups excluding carboxylic acids is 3. The number of hydrazine groups is 1. The molecule has 0 bridgehead atoms. The molecule has 3 N–H and O–H groups in total. The van der Waals surface area contributed by atoms with Crippen molar-refractivity contribution in [3.8, 4) is 17.2 Å². The third-order valence-electron chi connectivity index (χ3n) is 8.72. The first kappa shape index (κ1) is 34.4. The van der Waals surface area contributed by atoms with E-state index < -0.39 is 37.8 Å². The molecule has 3 aliphatic heterocycles. The van der Waals surface area contributed by atoms with E-state index in [4.69, 9.17) is 9.47 Å². The minimum absolute atomic E-state index is 0.0113. The Kier molecular flexibility index (Phi) is 9.39. The molecule has 18 heteroatoms. The predicted molar refractivity (Wildman–Crippen MR) is 181 cm³/mol. The van der Waals surface area contributed by atoms with E-state index in [1.807, 2.05) is 0 Å². The van der Waals surface area contributed by atoms with Gasteiger partial charge in [-0.15, -0.1) is 17.9 Å². The highest BCUT2D eigenvalue weighted by atomic mass is 32.1. The average Bonchev–Trinajstić information content (AvgIpc) is 3.78. The number of aromatic nitrogens is 1. The van der Waals surface area contributed by atoms with E-state index in [-0.39, 0.29) is 57.6 Å². The molecule has 1 aromatic heterocycles. The first-order chi connectivity index (χ1) is 24.5. The third kappa shape index (κ3) is 7.11. The second kappa shape index (κ2) is 13.9. The maximum Gasteiger partial charge on any atom is 0.524 e. The lowest BCUT2D eigenvalue weighted by atomic mass is 9.98. The summed E-state index contributed by atoms with van der Waals surface area (Å²) in [7, 11) is -4.80. The van der Waals surface area contributed by atoms with E-state index >= 15 is 0 Å². The second-order valence-corrected chi connectivity index (χ2v) is 14.0. The number of phosphoric ester groups is 1. The number of thiazole rings is 1. The van der Waals surface area contributed by atoms with Gasteiger partial charge in [0.1, 0.15) is 23.8 Å². The van der Waals surface area contributed by atoms with Gasteiger partial charge >= 0.3 is 13.9 Å². The summed E-state index contributed by atoms with van der Waals surface area (Å²) in [6, 6.07) is 12.4. The molecule has 4 amide bonds. The van der Waals surface area contributed by atoms with Crippen LogP contribution in [0.15, 0.2) is 72.8 Å². The normalized spacial score (nSPS) is 19.0. The molecule has 0 unspecified atom stereocenters. The molecule has 2 fully saturated rings. The number of rotatable bonds is 10. The molecule has 0 saturated carbocycles. The molecule has 15 nitrogen and oxygen atoms in total. The molecule has 2 atom stereocenters. The van der Waals surface area contributed by atoms with Crippen LogP contribution in [0.25, 0.3) is 10.2 Å². The van der Waals surface area contributed by atoms with Gasteiger partial charge in [0.25, 0.3) is 0 Å². The van der Waals surface area contributed by atoms with Crippen molar-refractivity contribution in [2.75, 3.05) is 26.4 Å². The highest BCUT2D eigenvalue weighted by Gasteiger charge is 2.51. The number of amides is 4. The molecular formula is C33H32FN6O9PS. The van der Waals surface area contributed by atoms with Crippen molar-refractivity contribution in [3.05, 3.63) is 95.3 Å². The molecule has 51 heavy (non-hydrogen) atoms. The molecule has 266 valence electrons.